The quantitative estimate of drug-likeness (QED) is 0.617. The number of alkyl halides is 3. The molecule has 0 saturated heterocycles. The van der Waals surface area contributed by atoms with E-state index in [-0.39, 0.29) is 11.8 Å². The Morgan fingerprint density at radius 2 is 1.96 bits per heavy atom. The molecular formula is C16H10ClF4N3. The van der Waals surface area contributed by atoms with Gasteiger partial charge in [-0.3, -0.25) is 0 Å². The Bertz CT molecular complexity index is 935. The molecule has 0 radical (unpaired) electrons. The first-order valence-electron chi connectivity index (χ1n) is 7.21. The molecular weight excluding hydrogens is 346 g/mol. The van der Waals surface area contributed by atoms with Crippen LogP contribution in [0.5, 0.6) is 0 Å². The van der Waals surface area contributed by atoms with E-state index >= 15 is 0 Å². The number of imidazole rings is 1. The SMILES string of the molecule is Fc1cc(C2CC2c2cc(Cl)nn3ccnc23)ccc1C(F)(F)F. The highest BCUT2D eigenvalue weighted by molar-refractivity contribution is 6.29. The number of halogens is 5. The molecule has 1 aromatic carbocycles. The lowest BCUT2D eigenvalue weighted by atomic mass is 10.0. The maximum Gasteiger partial charge on any atom is 0.419 e. The van der Waals surface area contributed by atoms with Gasteiger partial charge in [0.2, 0.25) is 0 Å². The third kappa shape index (κ3) is 2.53. The van der Waals surface area contributed by atoms with Crippen LogP contribution >= 0.6 is 11.6 Å². The van der Waals surface area contributed by atoms with Crippen molar-refractivity contribution in [1.82, 2.24) is 14.6 Å². The summed E-state index contributed by atoms with van der Waals surface area (Å²) in [6.07, 6.45) is -0.725. The van der Waals surface area contributed by atoms with E-state index < -0.39 is 17.6 Å². The summed E-state index contributed by atoms with van der Waals surface area (Å²) in [6, 6.07) is 4.81. The van der Waals surface area contributed by atoms with Gasteiger partial charge in [0.05, 0.1) is 5.56 Å². The second kappa shape index (κ2) is 5.17. The number of hydrogen-bond donors (Lipinski definition) is 0. The zero-order valence-corrected chi connectivity index (χ0v) is 12.8. The maximum absolute atomic E-state index is 13.8. The van der Waals surface area contributed by atoms with Gasteiger partial charge in [-0.05, 0) is 42.0 Å². The van der Waals surface area contributed by atoms with Gasteiger partial charge in [0, 0.05) is 18.0 Å². The summed E-state index contributed by atoms with van der Waals surface area (Å²) in [7, 11) is 0. The van der Waals surface area contributed by atoms with Gasteiger partial charge in [-0.15, -0.1) is 0 Å². The van der Waals surface area contributed by atoms with Crippen LogP contribution < -0.4 is 0 Å². The third-order valence-corrected chi connectivity index (χ3v) is 4.46. The van der Waals surface area contributed by atoms with Crippen LogP contribution in [-0.4, -0.2) is 14.6 Å². The summed E-state index contributed by atoms with van der Waals surface area (Å²) in [5.74, 6) is -1.27. The average Bonchev–Trinajstić information content (AvgIpc) is 3.15. The zero-order chi connectivity index (χ0) is 17.1. The van der Waals surface area contributed by atoms with Crippen LogP contribution in [0.2, 0.25) is 5.15 Å². The van der Waals surface area contributed by atoms with E-state index in [1.54, 1.807) is 23.0 Å². The number of hydrogen-bond acceptors (Lipinski definition) is 2. The van der Waals surface area contributed by atoms with Crippen molar-refractivity contribution in [2.45, 2.75) is 24.4 Å². The Morgan fingerprint density at radius 3 is 2.67 bits per heavy atom. The van der Waals surface area contributed by atoms with E-state index in [2.05, 4.69) is 10.1 Å². The van der Waals surface area contributed by atoms with Crippen molar-refractivity contribution in [2.24, 2.45) is 0 Å². The van der Waals surface area contributed by atoms with E-state index in [0.717, 1.165) is 17.7 Å². The Morgan fingerprint density at radius 1 is 1.17 bits per heavy atom. The molecule has 2 aromatic heterocycles. The van der Waals surface area contributed by atoms with Crippen molar-refractivity contribution >= 4 is 17.2 Å². The van der Waals surface area contributed by atoms with E-state index in [9.17, 15) is 17.6 Å². The number of fused-ring (bicyclic) bond motifs is 1. The predicted octanol–water partition coefficient (Wildman–Crippen LogP) is 4.81. The average molecular weight is 356 g/mol. The molecule has 2 heterocycles. The van der Waals surface area contributed by atoms with Crippen LogP contribution in [0, 0.1) is 5.82 Å². The Hall–Kier alpha value is -2.15. The molecule has 0 amide bonds. The first-order chi connectivity index (χ1) is 11.3. The standard InChI is InChI=1S/C16H10ClF4N3/c17-14-7-11(15-22-3-4-24(15)23-14)10-6-9(10)8-1-2-12(13(18)5-8)16(19,20)21/h1-5,7,9-10H,6H2. The summed E-state index contributed by atoms with van der Waals surface area (Å²) < 4.78 is 53.3. The van der Waals surface area contributed by atoms with Gasteiger partial charge in [-0.25, -0.2) is 13.9 Å². The lowest BCUT2D eigenvalue weighted by Crippen LogP contribution is -2.08. The first kappa shape index (κ1) is 15.4. The molecule has 0 bridgehead atoms. The van der Waals surface area contributed by atoms with Crippen molar-refractivity contribution in [2.75, 3.05) is 0 Å². The second-order valence-electron chi connectivity index (χ2n) is 5.80. The fourth-order valence-electron chi connectivity index (χ4n) is 3.08. The van der Waals surface area contributed by atoms with Crippen molar-refractivity contribution in [3.05, 3.63) is 64.3 Å². The Labute approximate surface area is 138 Å². The highest BCUT2D eigenvalue weighted by Gasteiger charge is 2.42. The minimum Gasteiger partial charge on any atom is -0.235 e. The third-order valence-electron chi connectivity index (χ3n) is 4.27. The fraction of sp³-hybridized carbons (Fsp3) is 0.250. The first-order valence-corrected chi connectivity index (χ1v) is 7.59. The molecule has 4 rings (SSSR count). The molecule has 124 valence electrons. The van der Waals surface area contributed by atoms with E-state index in [1.165, 1.54) is 6.07 Å². The summed E-state index contributed by atoms with van der Waals surface area (Å²) in [4.78, 5) is 4.23. The summed E-state index contributed by atoms with van der Waals surface area (Å²) >= 11 is 6.00. The molecule has 1 aliphatic carbocycles. The minimum atomic E-state index is -4.69. The molecule has 24 heavy (non-hydrogen) atoms. The maximum atomic E-state index is 13.8. The topological polar surface area (TPSA) is 30.2 Å². The smallest absolute Gasteiger partial charge is 0.235 e. The van der Waals surface area contributed by atoms with Crippen LogP contribution in [0.4, 0.5) is 17.6 Å². The number of rotatable bonds is 2. The molecule has 1 saturated carbocycles. The number of aromatic nitrogens is 3. The zero-order valence-electron chi connectivity index (χ0n) is 12.1. The van der Waals surface area contributed by atoms with Gasteiger partial charge in [-0.1, -0.05) is 17.7 Å². The summed E-state index contributed by atoms with van der Waals surface area (Å²) in [5.41, 5.74) is 0.818. The van der Waals surface area contributed by atoms with Crippen LogP contribution in [0.25, 0.3) is 5.65 Å². The van der Waals surface area contributed by atoms with Gasteiger partial charge in [0.1, 0.15) is 11.0 Å². The molecule has 0 N–H and O–H groups in total. The normalized spacial score (nSPS) is 20.5. The van der Waals surface area contributed by atoms with Crippen molar-refractivity contribution in [3.8, 4) is 0 Å². The molecule has 2 atom stereocenters. The van der Waals surface area contributed by atoms with Crippen molar-refractivity contribution in [1.29, 1.82) is 0 Å². The largest absolute Gasteiger partial charge is 0.419 e. The van der Waals surface area contributed by atoms with Crippen LogP contribution in [0.1, 0.15) is 34.9 Å². The molecule has 0 aliphatic heterocycles. The van der Waals surface area contributed by atoms with Crippen LogP contribution in [-0.2, 0) is 6.18 Å². The van der Waals surface area contributed by atoms with Gasteiger partial charge in [-0.2, -0.15) is 18.3 Å². The predicted molar refractivity (Wildman–Crippen MR) is 79.5 cm³/mol. The number of benzene rings is 1. The van der Waals surface area contributed by atoms with Gasteiger partial charge >= 0.3 is 6.18 Å². The number of nitrogens with zero attached hydrogens (tertiary/aromatic N) is 3. The molecule has 1 aliphatic rings. The molecule has 1 fully saturated rings. The summed E-state index contributed by atoms with van der Waals surface area (Å²) in [5, 5.41) is 4.40. The van der Waals surface area contributed by atoms with Crippen LogP contribution in [0.3, 0.4) is 0 Å². The highest BCUT2D eigenvalue weighted by atomic mass is 35.5. The minimum absolute atomic E-state index is 0.0338. The van der Waals surface area contributed by atoms with E-state index in [0.29, 0.717) is 22.8 Å². The molecule has 3 aromatic rings. The second-order valence-corrected chi connectivity index (χ2v) is 6.19. The molecule has 2 unspecified atom stereocenters. The van der Waals surface area contributed by atoms with Crippen molar-refractivity contribution in [3.63, 3.8) is 0 Å². The monoisotopic (exact) mass is 355 g/mol. The summed E-state index contributed by atoms with van der Waals surface area (Å²) in [6.45, 7) is 0. The highest BCUT2D eigenvalue weighted by Crippen LogP contribution is 2.55. The Kier molecular flexibility index (Phi) is 3.32. The van der Waals surface area contributed by atoms with E-state index in [1.807, 2.05) is 0 Å². The molecule has 0 spiro atoms. The van der Waals surface area contributed by atoms with Crippen LogP contribution in [0.15, 0.2) is 36.7 Å². The van der Waals surface area contributed by atoms with Gasteiger partial charge in [0.15, 0.2) is 5.65 Å². The van der Waals surface area contributed by atoms with Gasteiger partial charge in [0.25, 0.3) is 0 Å². The lowest BCUT2D eigenvalue weighted by molar-refractivity contribution is -0.140. The molecule has 8 heteroatoms. The Balaban J connectivity index is 1.67. The van der Waals surface area contributed by atoms with E-state index in [4.69, 9.17) is 11.6 Å². The lowest BCUT2D eigenvalue weighted by Gasteiger charge is -2.09. The molecule has 3 nitrogen and oxygen atoms in total. The van der Waals surface area contributed by atoms with Crippen molar-refractivity contribution < 1.29 is 17.6 Å². The van der Waals surface area contributed by atoms with Gasteiger partial charge < -0.3 is 0 Å². The fourth-order valence-corrected chi connectivity index (χ4v) is 3.28.